The highest BCUT2D eigenvalue weighted by atomic mass is 19.4. The number of pyridine rings is 1. The first-order valence-electron chi connectivity index (χ1n) is 8.22. The van der Waals surface area contributed by atoms with Crippen molar-refractivity contribution in [2.45, 2.75) is 6.18 Å². The minimum absolute atomic E-state index is 0.133. The Hall–Kier alpha value is -3.55. The van der Waals surface area contributed by atoms with E-state index < -0.39 is 17.6 Å². The van der Waals surface area contributed by atoms with Gasteiger partial charge < -0.3 is 4.74 Å². The highest BCUT2D eigenvalue weighted by molar-refractivity contribution is 5.95. The van der Waals surface area contributed by atoms with Gasteiger partial charge in [-0.25, -0.2) is 4.98 Å². The molecule has 28 heavy (non-hydrogen) atoms. The van der Waals surface area contributed by atoms with Gasteiger partial charge in [0.2, 0.25) is 0 Å². The summed E-state index contributed by atoms with van der Waals surface area (Å²) in [5.41, 5.74) is 4.86. The summed E-state index contributed by atoms with van der Waals surface area (Å²) in [5, 5.41) is 0. The number of nitrogens with zero attached hydrogens (tertiary/aromatic N) is 1. The summed E-state index contributed by atoms with van der Waals surface area (Å²) in [6, 6.07) is 16.6. The summed E-state index contributed by atoms with van der Waals surface area (Å²) in [4.78, 5) is 16.4. The van der Waals surface area contributed by atoms with Crippen LogP contribution in [0.15, 0.2) is 66.7 Å². The third-order valence-corrected chi connectivity index (χ3v) is 3.86. The maximum atomic E-state index is 13.3. The van der Waals surface area contributed by atoms with Crippen molar-refractivity contribution in [3.8, 4) is 17.0 Å². The fraction of sp³-hybridized carbons (Fsp3) is 0.100. The van der Waals surface area contributed by atoms with Gasteiger partial charge >= 0.3 is 6.18 Å². The molecule has 0 unspecified atom stereocenters. The lowest BCUT2D eigenvalue weighted by Gasteiger charge is -2.14. The molecule has 0 aliphatic rings. The summed E-state index contributed by atoms with van der Waals surface area (Å²) in [6.07, 6.45) is -4.56. The molecule has 0 fully saturated rings. The number of nitrogens with one attached hydrogen (secondary N) is 2. The molecule has 5 nitrogen and oxygen atoms in total. The van der Waals surface area contributed by atoms with E-state index in [4.69, 9.17) is 4.74 Å². The summed E-state index contributed by atoms with van der Waals surface area (Å²) in [6.45, 7) is 0. The Labute approximate surface area is 159 Å². The Morgan fingerprint density at radius 2 is 1.75 bits per heavy atom. The molecule has 8 heteroatoms. The van der Waals surface area contributed by atoms with Gasteiger partial charge in [0.15, 0.2) is 0 Å². The Bertz CT molecular complexity index is 976. The monoisotopic (exact) mass is 387 g/mol. The Morgan fingerprint density at radius 3 is 2.43 bits per heavy atom. The molecule has 0 aliphatic carbocycles. The highest BCUT2D eigenvalue weighted by Gasteiger charge is 2.31. The first-order valence-corrected chi connectivity index (χ1v) is 8.22. The van der Waals surface area contributed by atoms with Crippen molar-refractivity contribution in [1.29, 1.82) is 0 Å². The fourth-order valence-electron chi connectivity index (χ4n) is 2.47. The van der Waals surface area contributed by atoms with Crippen molar-refractivity contribution >= 4 is 11.7 Å². The van der Waals surface area contributed by atoms with Gasteiger partial charge in [0.05, 0.1) is 18.4 Å². The molecular formula is C20H16F3N3O2. The predicted molar refractivity (Wildman–Crippen MR) is 98.8 cm³/mol. The quantitative estimate of drug-likeness (QED) is 0.632. The van der Waals surface area contributed by atoms with Crippen LogP contribution in [0.3, 0.4) is 0 Å². The zero-order chi connectivity index (χ0) is 20.1. The first-order chi connectivity index (χ1) is 13.4. The SMILES string of the molecule is COc1cccc(C(=O)NNc2cc(C(F)(F)F)cc(-c3ccccc3)n2)c1. The number of rotatable bonds is 5. The number of hydrogen-bond donors (Lipinski definition) is 2. The van der Waals surface area contributed by atoms with Gasteiger partial charge in [0, 0.05) is 11.1 Å². The largest absolute Gasteiger partial charge is 0.497 e. The van der Waals surface area contributed by atoms with Gasteiger partial charge in [0.25, 0.3) is 5.91 Å². The van der Waals surface area contributed by atoms with E-state index in [-0.39, 0.29) is 17.1 Å². The van der Waals surface area contributed by atoms with E-state index in [0.29, 0.717) is 11.3 Å². The average Bonchev–Trinajstić information content (AvgIpc) is 2.72. The van der Waals surface area contributed by atoms with Crippen LogP contribution in [0.5, 0.6) is 5.75 Å². The van der Waals surface area contributed by atoms with Crippen LogP contribution >= 0.6 is 0 Å². The van der Waals surface area contributed by atoms with Crippen LogP contribution in [0.25, 0.3) is 11.3 Å². The molecule has 0 atom stereocenters. The molecule has 0 bridgehead atoms. The third kappa shape index (κ3) is 4.59. The number of amides is 1. The minimum Gasteiger partial charge on any atom is -0.497 e. The van der Waals surface area contributed by atoms with Gasteiger partial charge in [-0.1, -0.05) is 36.4 Å². The van der Waals surface area contributed by atoms with Crippen LogP contribution in [-0.2, 0) is 6.18 Å². The number of benzene rings is 2. The molecule has 144 valence electrons. The van der Waals surface area contributed by atoms with Gasteiger partial charge in [-0.05, 0) is 30.3 Å². The number of hydrazine groups is 1. The summed E-state index contributed by atoms with van der Waals surface area (Å²) >= 11 is 0. The lowest BCUT2D eigenvalue weighted by molar-refractivity contribution is -0.137. The van der Waals surface area contributed by atoms with Gasteiger partial charge in [-0.15, -0.1) is 0 Å². The van der Waals surface area contributed by atoms with E-state index >= 15 is 0 Å². The lowest BCUT2D eigenvalue weighted by atomic mass is 10.1. The second kappa shape index (κ2) is 7.99. The molecule has 0 saturated heterocycles. The molecule has 0 radical (unpaired) electrons. The molecule has 0 aliphatic heterocycles. The first kappa shape index (κ1) is 19.2. The third-order valence-electron chi connectivity index (χ3n) is 3.86. The molecule has 1 heterocycles. The number of ether oxygens (including phenoxy) is 1. The minimum atomic E-state index is -4.56. The van der Waals surface area contributed by atoms with E-state index in [1.54, 1.807) is 48.5 Å². The number of carbonyl (C=O) groups is 1. The zero-order valence-corrected chi connectivity index (χ0v) is 14.7. The number of carbonyl (C=O) groups excluding carboxylic acids is 1. The molecular weight excluding hydrogens is 371 g/mol. The number of anilines is 1. The van der Waals surface area contributed by atoms with Crippen LogP contribution in [0.1, 0.15) is 15.9 Å². The van der Waals surface area contributed by atoms with Crippen LogP contribution in [0.4, 0.5) is 19.0 Å². The van der Waals surface area contributed by atoms with Gasteiger partial charge in [-0.3, -0.25) is 15.6 Å². The summed E-state index contributed by atoms with van der Waals surface area (Å²) in [5.74, 6) is -0.194. The van der Waals surface area contributed by atoms with E-state index in [1.807, 2.05) is 0 Å². The molecule has 2 aromatic carbocycles. The van der Waals surface area contributed by atoms with Crippen molar-refractivity contribution in [2.75, 3.05) is 12.5 Å². The predicted octanol–water partition coefficient (Wildman–Crippen LogP) is 4.53. The Kier molecular flexibility index (Phi) is 5.49. The lowest BCUT2D eigenvalue weighted by Crippen LogP contribution is -2.30. The fourth-order valence-corrected chi connectivity index (χ4v) is 2.47. The number of hydrogen-bond acceptors (Lipinski definition) is 4. The van der Waals surface area contributed by atoms with E-state index in [2.05, 4.69) is 15.8 Å². The molecule has 3 aromatic rings. The molecule has 1 amide bonds. The van der Waals surface area contributed by atoms with Crippen molar-refractivity contribution in [3.63, 3.8) is 0 Å². The smallest absolute Gasteiger partial charge is 0.416 e. The van der Waals surface area contributed by atoms with Crippen LogP contribution in [0.2, 0.25) is 0 Å². The Balaban J connectivity index is 1.85. The standard InChI is InChI=1S/C20H16F3N3O2/c1-28-16-9-5-8-14(10-16)19(27)26-25-18-12-15(20(21,22)23)11-17(24-18)13-6-3-2-4-7-13/h2-12H,1H3,(H,24,25)(H,26,27). The van der Waals surface area contributed by atoms with E-state index in [0.717, 1.165) is 12.1 Å². The number of halogens is 3. The normalized spacial score (nSPS) is 11.0. The second-order valence-electron chi connectivity index (χ2n) is 5.80. The van der Waals surface area contributed by atoms with Crippen molar-refractivity contribution in [3.05, 3.63) is 77.9 Å². The molecule has 0 spiro atoms. The number of aromatic nitrogens is 1. The average molecular weight is 387 g/mol. The number of methoxy groups -OCH3 is 1. The maximum absolute atomic E-state index is 13.3. The van der Waals surface area contributed by atoms with Crippen LogP contribution in [0, 0.1) is 0 Å². The topological polar surface area (TPSA) is 63.2 Å². The van der Waals surface area contributed by atoms with Crippen molar-refractivity contribution in [2.24, 2.45) is 0 Å². The van der Waals surface area contributed by atoms with Crippen molar-refractivity contribution in [1.82, 2.24) is 10.4 Å². The van der Waals surface area contributed by atoms with Gasteiger partial charge in [0.1, 0.15) is 11.6 Å². The maximum Gasteiger partial charge on any atom is 0.416 e. The molecule has 2 N–H and O–H groups in total. The van der Waals surface area contributed by atoms with Crippen LogP contribution < -0.4 is 15.6 Å². The van der Waals surface area contributed by atoms with E-state index in [9.17, 15) is 18.0 Å². The van der Waals surface area contributed by atoms with Gasteiger partial charge in [-0.2, -0.15) is 13.2 Å². The second-order valence-corrected chi connectivity index (χ2v) is 5.80. The molecule has 3 rings (SSSR count). The summed E-state index contributed by atoms with van der Waals surface area (Å²) < 4.78 is 44.8. The van der Waals surface area contributed by atoms with Crippen LogP contribution in [-0.4, -0.2) is 18.0 Å². The highest BCUT2D eigenvalue weighted by Crippen LogP contribution is 2.33. The number of alkyl halides is 3. The van der Waals surface area contributed by atoms with E-state index in [1.165, 1.54) is 13.2 Å². The molecule has 0 saturated carbocycles. The molecule has 1 aromatic heterocycles. The van der Waals surface area contributed by atoms with Crippen molar-refractivity contribution < 1.29 is 22.7 Å². The Morgan fingerprint density at radius 1 is 1.00 bits per heavy atom. The summed E-state index contributed by atoms with van der Waals surface area (Å²) in [7, 11) is 1.47. The zero-order valence-electron chi connectivity index (χ0n) is 14.7.